The molecule has 0 aliphatic heterocycles. The van der Waals surface area contributed by atoms with Gasteiger partial charge in [-0.2, -0.15) is 0 Å². The van der Waals surface area contributed by atoms with Crippen molar-refractivity contribution in [2.45, 2.75) is 96.3 Å². The molecule has 0 aromatic heterocycles. The van der Waals surface area contributed by atoms with E-state index in [9.17, 15) is 9.59 Å². The van der Waals surface area contributed by atoms with Gasteiger partial charge in [0, 0.05) is 12.8 Å². The summed E-state index contributed by atoms with van der Waals surface area (Å²) in [5.41, 5.74) is 0. The van der Waals surface area contributed by atoms with Gasteiger partial charge in [-0.05, 0) is 60.7 Å². The Morgan fingerprint density at radius 3 is 1.22 bits per heavy atom. The molecule has 0 saturated heterocycles. The molecule has 1 aliphatic rings. The summed E-state index contributed by atoms with van der Waals surface area (Å²) in [6, 6.07) is 0. The Hall–Kier alpha value is -0.0800. The quantitative estimate of drug-likeness (QED) is 0.526. The molecular weight excluding hydrogens is 331 g/mol. The average Bonchev–Trinajstić information content (AvgIpc) is 2.47. The van der Waals surface area contributed by atoms with Crippen molar-refractivity contribution in [3.05, 3.63) is 0 Å². The smallest absolute Gasteiger partial charge is 0.221 e. The van der Waals surface area contributed by atoms with Crippen LogP contribution in [-0.4, -0.2) is 10.5 Å². The summed E-state index contributed by atoms with van der Waals surface area (Å²) in [7, 11) is 0. The molecule has 0 aromatic rings. The standard InChI is InChI=1S/C19H32Cl2O2/c20-18(22)14-16-10-7-5-3-1-2-4-6-8-11-17(13-9-12-16)15-19(21)23/h16-17H,1-15H2. The number of halogens is 2. The topological polar surface area (TPSA) is 34.1 Å². The molecule has 0 aromatic carbocycles. The molecule has 0 bridgehead atoms. The Bertz CT molecular complexity index is 312. The highest BCUT2D eigenvalue weighted by atomic mass is 35.5. The summed E-state index contributed by atoms with van der Waals surface area (Å²) in [6.07, 6.45) is 16.6. The molecule has 1 aliphatic carbocycles. The van der Waals surface area contributed by atoms with Crippen LogP contribution in [0.2, 0.25) is 0 Å². The van der Waals surface area contributed by atoms with Gasteiger partial charge in [0.05, 0.1) is 0 Å². The van der Waals surface area contributed by atoms with Gasteiger partial charge < -0.3 is 0 Å². The summed E-state index contributed by atoms with van der Waals surface area (Å²) < 4.78 is 0. The molecule has 2 atom stereocenters. The van der Waals surface area contributed by atoms with Crippen LogP contribution in [0.15, 0.2) is 0 Å². The lowest BCUT2D eigenvalue weighted by molar-refractivity contribution is -0.113. The Labute approximate surface area is 151 Å². The molecule has 0 amide bonds. The number of hydrogen-bond donors (Lipinski definition) is 0. The van der Waals surface area contributed by atoms with Crippen molar-refractivity contribution in [1.82, 2.24) is 0 Å². The fourth-order valence-electron chi connectivity index (χ4n) is 3.77. The normalized spacial score (nSPS) is 26.0. The second-order valence-corrected chi connectivity index (χ2v) is 8.03. The predicted molar refractivity (Wildman–Crippen MR) is 98.0 cm³/mol. The lowest BCUT2D eigenvalue weighted by Crippen LogP contribution is -2.08. The fourth-order valence-corrected chi connectivity index (χ4v) is 4.21. The van der Waals surface area contributed by atoms with Crippen LogP contribution in [0.1, 0.15) is 96.3 Å². The van der Waals surface area contributed by atoms with E-state index in [1.807, 2.05) is 0 Å². The van der Waals surface area contributed by atoms with Gasteiger partial charge in [-0.25, -0.2) is 0 Å². The second-order valence-electron chi connectivity index (χ2n) is 7.19. The van der Waals surface area contributed by atoms with Gasteiger partial charge in [0.2, 0.25) is 10.5 Å². The summed E-state index contributed by atoms with van der Waals surface area (Å²) >= 11 is 11.2. The van der Waals surface area contributed by atoms with Crippen molar-refractivity contribution >= 4 is 33.7 Å². The molecule has 134 valence electrons. The van der Waals surface area contributed by atoms with Gasteiger partial charge in [-0.15, -0.1) is 0 Å². The van der Waals surface area contributed by atoms with Crippen LogP contribution in [-0.2, 0) is 9.59 Å². The maximum absolute atomic E-state index is 11.2. The van der Waals surface area contributed by atoms with Gasteiger partial charge in [0.25, 0.3) is 0 Å². The Balaban J connectivity index is 2.50. The third-order valence-corrected chi connectivity index (χ3v) is 5.41. The lowest BCUT2D eigenvalue weighted by atomic mass is 9.88. The van der Waals surface area contributed by atoms with Crippen LogP contribution in [0, 0.1) is 11.8 Å². The molecule has 23 heavy (non-hydrogen) atoms. The van der Waals surface area contributed by atoms with E-state index in [1.54, 1.807) is 0 Å². The second kappa shape index (κ2) is 13.2. The Morgan fingerprint density at radius 2 is 0.870 bits per heavy atom. The van der Waals surface area contributed by atoms with Crippen molar-refractivity contribution in [3.63, 3.8) is 0 Å². The van der Waals surface area contributed by atoms with Crippen molar-refractivity contribution in [2.75, 3.05) is 0 Å². The minimum absolute atomic E-state index is 0.208. The van der Waals surface area contributed by atoms with E-state index in [0.29, 0.717) is 24.7 Å². The van der Waals surface area contributed by atoms with Crippen molar-refractivity contribution in [1.29, 1.82) is 0 Å². The largest absolute Gasteiger partial charge is 0.281 e. The van der Waals surface area contributed by atoms with Crippen molar-refractivity contribution < 1.29 is 9.59 Å². The first-order valence-electron chi connectivity index (χ1n) is 9.44. The van der Waals surface area contributed by atoms with Crippen LogP contribution in [0.25, 0.3) is 0 Å². The Morgan fingerprint density at radius 1 is 0.565 bits per heavy atom. The van der Waals surface area contributed by atoms with E-state index in [0.717, 1.165) is 32.1 Å². The van der Waals surface area contributed by atoms with Crippen LogP contribution in [0.5, 0.6) is 0 Å². The number of carbonyl (C=O) groups excluding carboxylic acids is 2. The highest BCUT2D eigenvalue weighted by molar-refractivity contribution is 6.63. The van der Waals surface area contributed by atoms with E-state index in [4.69, 9.17) is 23.2 Å². The maximum Gasteiger partial charge on any atom is 0.221 e. The summed E-state index contributed by atoms with van der Waals surface area (Å²) in [5, 5.41) is -0.416. The van der Waals surface area contributed by atoms with Gasteiger partial charge in [0.1, 0.15) is 0 Å². The molecule has 1 rings (SSSR count). The van der Waals surface area contributed by atoms with E-state index >= 15 is 0 Å². The Kier molecular flexibility index (Phi) is 12.1. The van der Waals surface area contributed by atoms with E-state index in [2.05, 4.69) is 0 Å². The minimum Gasteiger partial charge on any atom is -0.281 e. The zero-order valence-corrected chi connectivity index (χ0v) is 15.8. The fraction of sp³-hybridized carbons (Fsp3) is 0.895. The highest BCUT2D eigenvalue weighted by Crippen LogP contribution is 2.27. The zero-order chi connectivity index (χ0) is 16.9. The van der Waals surface area contributed by atoms with E-state index < -0.39 is 0 Å². The first kappa shape index (κ1) is 21.0. The van der Waals surface area contributed by atoms with Crippen molar-refractivity contribution in [2.24, 2.45) is 11.8 Å². The van der Waals surface area contributed by atoms with Crippen LogP contribution in [0.3, 0.4) is 0 Å². The molecule has 1 saturated carbocycles. The van der Waals surface area contributed by atoms with Gasteiger partial charge in [-0.3, -0.25) is 9.59 Å². The minimum atomic E-state index is -0.208. The molecular formula is C19H32Cl2O2. The third kappa shape index (κ3) is 12.0. The van der Waals surface area contributed by atoms with Crippen LogP contribution < -0.4 is 0 Å². The third-order valence-electron chi connectivity index (χ3n) is 5.10. The molecule has 0 heterocycles. The molecule has 1 fully saturated rings. The summed E-state index contributed by atoms with van der Waals surface area (Å²) in [5.74, 6) is 0.829. The van der Waals surface area contributed by atoms with Crippen LogP contribution >= 0.6 is 23.2 Å². The monoisotopic (exact) mass is 362 g/mol. The first-order valence-corrected chi connectivity index (χ1v) is 10.2. The van der Waals surface area contributed by atoms with Gasteiger partial charge >= 0.3 is 0 Å². The molecule has 0 radical (unpaired) electrons. The number of hydrogen-bond acceptors (Lipinski definition) is 2. The maximum atomic E-state index is 11.2. The molecule has 2 unspecified atom stereocenters. The molecule has 4 heteroatoms. The SMILES string of the molecule is O=C(Cl)CC1CCCCCCCCCCC(CC(=O)Cl)CCC1. The molecule has 0 N–H and O–H groups in total. The molecule has 2 nitrogen and oxygen atoms in total. The predicted octanol–water partition coefficient (Wildman–Crippen LogP) is 6.61. The number of rotatable bonds is 4. The van der Waals surface area contributed by atoms with Crippen LogP contribution in [0.4, 0.5) is 0 Å². The van der Waals surface area contributed by atoms with Gasteiger partial charge in [-0.1, -0.05) is 57.8 Å². The zero-order valence-electron chi connectivity index (χ0n) is 14.3. The molecule has 0 spiro atoms. The summed E-state index contributed by atoms with van der Waals surface area (Å²) in [6.45, 7) is 0. The highest BCUT2D eigenvalue weighted by Gasteiger charge is 2.16. The lowest BCUT2D eigenvalue weighted by Gasteiger charge is -2.18. The summed E-state index contributed by atoms with van der Waals surface area (Å²) in [4.78, 5) is 22.5. The number of carbonyl (C=O) groups is 2. The van der Waals surface area contributed by atoms with Crippen molar-refractivity contribution in [3.8, 4) is 0 Å². The first-order chi connectivity index (χ1) is 11.1. The average molecular weight is 363 g/mol. The van der Waals surface area contributed by atoms with Gasteiger partial charge in [0.15, 0.2) is 0 Å². The van der Waals surface area contributed by atoms with E-state index in [1.165, 1.54) is 51.4 Å². The van der Waals surface area contributed by atoms with E-state index in [-0.39, 0.29) is 10.5 Å².